The third-order valence-corrected chi connectivity index (χ3v) is 4.60. The van der Waals surface area contributed by atoms with Gasteiger partial charge in [-0.1, -0.05) is 11.8 Å². The number of anilines is 1. The van der Waals surface area contributed by atoms with E-state index in [2.05, 4.69) is 11.5 Å². The molecule has 27 heavy (non-hydrogen) atoms. The fourth-order valence-corrected chi connectivity index (χ4v) is 3.42. The number of rotatable bonds is 2. The number of allylic oxidation sites excluding steroid dienone is 3. The number of alkyl halides is 3. The second-order valence-corrected chi connectivity index (χ2v) is 6.70. The summed E-state index contributed by atoms with van der Waals surface area (Å²) in [6.45, 7) is 3.24. The average Bonchev–Trinajstić information content (AvgIpc) is 2.79. The Morgan fingerprint density at radius 1 is 1.30 bits per heavy atom. The summed E-state index contributed by atoms with van der Waals surface area (Å²) in [5, 5.41) is 8.97. The van der Waals surface area contributed by atoms with Crippen molar-refractivity contribution in [2.24, 2.45) is 0 Å². The normalized spacial score (nSPS) is 18.1. The van der Waals surface area contributed by atoms with Crippen LogP contribution in [0.1, 0.15) is 25.0 Å². The molecule has 0 atom stereocenters. The molecular weight excluding hydrogens is 375 g/mol. The van der Waals surface area contributed by atoms with Gasteiger partial charge in [0, 0.05) is 0 Å². The largest absolute Gasteiger partial charge is 0.417 e. The van der Waals surface area contributed by atoms with Crippen molar-refractivity contribution >= 4 is 28.9 Å². The lowest BCUT2D eigenvalue weighted by molar-refractivity contribution is -0.137. The third-order valence-electron chi connectivity index (χ3n) is 4.23. The number of hydrogen-bond acceptors (Lipinski definition) is 3. The van der Waals surface area contributed by atoms with Gasteiger partial charge in [-0.15, -0.1) is 0 Å². The zero-order valence-electron chi connectivity index (χ0n) is 14.3. The predicted molar refractivity (Wildman–Crippen MR) is 96.4 cm³/mol. The van der Waals surface area contributed by atoms with Crippen LogP contribution in [0, 0.1) is 11.3 Å². The van der Waals surface area contributed by atoms with Gasteiger partial charge < -0.3 is 0 Å². The molecule has 8 heteroatoms. The first-order chi connectivity index (χ1) is 12.6. The van der Waals surface area contributed by atoms with Crippen molar-refractivity contribution in [3.05, 3.63) is 64.7 Å². The van der Waals surface area contributed by atoms with Crippen LogP contribution in [-0.4, -0.2) is 21.5 Å². The Morgan fingerprint density at radius 3 is 2.56 bits per heavy atom. The van der Waals surface area contributed by atoms with Crippen molar-refractivity contribution in [1.29, 1.82) is 5.26 Å². The number of thiocarbonyl (C=S) groups is 1. The molecule has 0 saturated carbocycles. The van der Waals surface area contributed by atoms with Gasteiger partial charge in [0.05, 0.1) is 28.6 Å². The van der Waals surface area contributed by atoms with Gasteiger partial charge in [0.2, 0.25) is 0 Å². The maximum Gasteiger partial charge on any atom is 0.417 e. The zero-order chi connectivity index (χ0) is 20.0. The summed E-state index contributed by atoms with van der Waals surface area (Å²) in [6, 6.07) is 4.59. The van der Waals surface area contributed by atoms with Gasteiger partial charge >= 0.3 is 6.18 Å². The molecular formula is C19H12F3N3OS. The molecule has 1 aromatic rings. The third kappa shape index (κ3) is 2.98. The van der Waals surface area contributed by atoms with Crippen molar-refractivity contribution in [2.75, 3.05) is 4.90 Å². The van der Waals surface area contributed by atoms with E-state index in [-0.39, 0.29) is 10.8 Å². The predicted octanol–water partition coefficient (Wildman–Crippen LogP) is 4.05. The van der Waals surface area contributed by atoms with Crippen LogP contribution in [0.15, 0.2) is 53.6 Å². The van der Waals surface area contributed by atoms with Gasteiger partial charge in [-0.2, -0.15) is 18.4 Å². The van der Waals surface area contributed by atoms with E-state index in [4.69, 9.17) is 17.5 Å². The Hall–Kier alpha value is -3.10. The summed E-state index contributed by atoms with van der Waals surface area (Å²) in [6.07, 6.45) is 0.274. The molecule has 1 aliphatic heterocycles. The maximum atomic E-state index is 13.3. The molecule has 2 aliphatic rings. The van der Waals surface area contributed by atoms with E-state index in [0.717, 1.165) is 17.0 Å². The summed E-state index contributed by atoms with van der Waals surface area (Å²) in [5.41, 5.74) is 3.28. The Balaban J connectivity index is 2.14. The summed E-state index contributed by atoms with van der Waals surface area (Å²) < 4.78 is 39.9. The van der Waals surface area contributed by atoms with Gasteiger partial charge in [0.1, 0.15) is 5.54 Å². The highest BCUT2D eigenvalue weighted by Crippen LogP contribution is 2.39. The second kappa shape index (κ2) is 6.26. The molecule has 1 aliphatic carbocycles. The van der Waals surface area contributed by atoms with Gasteiger partial charge in [0.15, 0.2) is 5.11 Å². The Bertz CT molecular complexity index is 1030. The minimum Gasteiger partial charge on any atom is -0.296 e. The lowest BCUT2D eigenvalue weighted by atomic mass is 10.0. The minimum atomic E-state index is -4.73. The summed E-state index contributed by atoms with van der Waals surface area (Å²) in [4.78, 5) is 15.5. The molecule has 136 valence electrons. The van der Waals surface area contributed by atoms with Crippen LogP contribution >= 0.6 is 12.2 Å². The van der Waals surface area contributed by atoms with Crippen molar-refractivity contribution in [3.63, 3.8) is 0 Å². The quantitative estimate of drug-likeness (QED) is 0.567. The monoisotopic (exact) mass is 387 g/mol. The maximum absolute atomic E-state index is 13.3. The average molecular weight is 387 g/mol. The smallest absolute Gasteiger partial charge is 0.296 e. The number of nitrogens with zero attached hydrogens (tertiary/aromatic N) is 3. The molecule has 0 N–H and O–H groups in total. The van der Waals surface area contributed by atoms with Crippen LogP contribution in [-0.2, 0) is 11.0 Å². The molecule has 1 amide bonds. The molecule has 0 unspecified atom stereocenters. The van der Waals surface area contributed by atoms with E-state index in [9.17, 15) is 18.0 Å². The molecule has 0 aromatic heterocycles. The van der Waals surface area contributed by atoms with Crippen molar-refractivity contribution in [3.8, 4) is 6.07 Å². The first kappa shape index (κ1) is 18.7. The van der Waals surface area contributed by atoms with Crippen LogP contribution in [0.25, 0.3) is 0 Å². The van der Waals surface area contributed by atoms with Crippen LogP contribution in [0.5, 0.6) is 0 Å². The summed E-state index contributed by atoms with van der Waals surface area (Å²) in [5.74, 6) is -0.484. The van der Waals surface area contributed by atoms with Crippen LogP contribution in [0.3, 0.4) is 0 Å². The lowest BCUT2D eigenvalue weighted by Gasteiger charge is -2.29. The molecule has 0 bridgehead atoms. The van der Waals surface area contributed by atoms with E-state index in [0.29, 0.717) is 5.70 Å². The molecule has 1 heterocycles. The number of carbonyl (C=O) groups excluding carboxylic acids is 1. The zero-order valence-corrected chi connectivity index (χ0v) is 15.1. The van der Waals surface area contributed by atoms with Gasteiger partial charge in [0.25, 0.3) is 5.91 Å². The fraction of sp³-hybridized carbons (Fsp3) is 0.211. The van der Waals surface area contributed by atoms with E-state index < -0.39 is 28.7 Å². The van der Waals surface area contributed by atoms with Crippen molar-refractivity contribution in [1.82, 2.24) is 4.90 Å². The van der Waals surface area contributed by atoms with Crippen LogP contribution in [0.2, 0.25) is 0 Å². The molecule has 1 aromatic carbocycles. The number of halogens is 3. The highest BCUT2D eigenvalue weighted by Gasteiger charge is 2.51. The molecule has 1 fully saturated rings. The Morgan fingerprint density at radius 2 is 2.00 bits per heavy atom. The number of benzene rings is 1. The number of carbonyl (C=O) groups is 1. The van der Waals surface area contributed by atoms with E-state index in [1.807, 2.05) is 0 Å². The highest BCUT2D eigenvalue weighted by molar-refractivity contribution is 7.80. The number of hydrogen-bond donors (Lipinski definition) is 0. The minimum absolute atomic E-state index is 0.0266. The molecule has 3 rings (SSSR count). The van der Waals surface area contributed by atoms with Crippen molar-refractivity contribution < 1.29 is 18.0 Å². The summed E-state index contributed by atoms with van der Waals surface area (Å²) in [7, 11) is 0. The fourth-order valence-electron chi connectivity index (χ4n) is 2.91. The van der Waals surface area contributed by atoms with Gasteiger partial charge in [-0.25, -0.2) is 0 Å². The van der Waals surface area contributed by atoms with E-state index in [1.54, 1.807) is 32.1 Å². The first-order valence-electron chi connectivity index (χ1n) is 7.77. The van der Waals surface area contributed by atoms with Gasteiger partial charge in [-0.3, -0.25) is 14.6 Å². The number of amides is 1. The molecule has 4 nitrogen and oxygen atoms in total. The highest BCUT2D eigenvalue weighted by atomic mass is 32.1. The van der Waals surface area contributed by atoms with Crippen molar-refractivity contribution in [2.45, 2.75) is 25.6 Å². The molecule has 1 saturated heterocycles. The van der Waals surface area contributed by atoms with E-state index >= 15 is 0 Å². The Labute approximate surface area is 158 Å². The standard InChI is InChI=1S/C19H12F3N3OS/c1-18(2)16(26)24(17(27)25(18)13-6-4-3-5-7-13)14-9-8-12(11-23)15(10-14)19(20,21)22/h3-4,6,8-10H,1-2H3. The number of nitriles is 1. The summed E-state index contributed by atoms with van der Waals surface area (Å²) >= 11 is 5.40. The van der Waals surface area contributed by atoms with Crippen LogP contribution < -0.4 is 4.90 Å². The molecule has 0 radical (unpaired) electrons. The van der Waals surface area contributed by atoms with Gasteiger partial charge in [-0.05, 0) is 62.1 Å². The van der Waals surface area contributed by atoms with E-state index in [1.165, 1.54) is 17.0 Å². The topological polar surface area (TPSA) is 47.3 Å². The lowest BCUT2D eigenvalue weighted by Crippen LogP contribution is -2.43. The Kier molecular flexibility index (Phi) is 4.33. The SMILES string of the molecule is CC1(C)C(=O)N(c2ccc(C#N)c(C(F)(F)F)c2)C(=S)N1C1=C=C=CC=C1. The second-order valence-electron chi connectivity index (χ2n) is 6.34. The molecule has 0 spiro atoms. The first-order valence-corrected chi connectivity index (χ1v) is 8.18. The van der Waals surface area contributed by atoms with Crippen LogP contribution in [0.4, 0.5) is 18.9 Å².